The maximum Gasteiger partial charge on any atom is 0.244 e. The number of carbonyl (C=O) groups is 1. The Morgan fingerprint density at radius 1 is 1.50 bits per heavy atom. The van der Waals surface area contributed by atoms with Crippen molar-refractivity contribution in [1.29, 1.82) is 0 Å². The number of nitrogens with one attached hydrogen (secondary N) is 1. The van der Waals surface area contributed by atoms with Gasteiger partial charge in [0.2, 0.25) is 5.91 Å². The second kappa shape index (κ2) is 4.07. The number of amides is 1. The summed E-state index contributed by atoms with van der Waals surface area (Å²) in [6.07, 6.45) is 2.10. The minimum absolute atomic E-state index is 0.0982. The van der Waals surface area contributed by atoms with Crippen molar-refractivity contribution in [3.63, 3.8) is 0 Å². The molecule has 1 saturated heterocycles. The maximum atomic E-state index is 12.5. The topological polar surface area (TPSA) is 32.3 Å². The smallest absolute Gasteiger partial charge is 0.244 e. The summed E-state index contributed by atoms with van der Waals surface area (Å²) in [5, 5.41) is 3.56. The minimum Gasteiger partial charge on any atom is -0.320 e. The minimum atomic E-state index is -0.211. The highest BCUT2D eigenvalue weighted by molar-refractivity contribution is 7.12. The van der Waals surface area contributed by atoms with Gasteiger partial charge < -0.3 is 4.90 Å². The van der Waals surface area contributed by atoms with E-state index in [9.17, 15) is 4.79 Å². The van der Waals surface area contributed by atoms with Crippen LogP contribution in [0.25, 0.3) is 0 Å². The molecule has 1 aromatic heterocycles. The third-order valence-electron chi connectivity index (χ3n) is 3.74. The van der Waals surface area contributed by atoms with Gasteiger partial charge in [0.05, 0.1) is 0 Å². The van der Waals surface area contributed by atoms with E-state index in [-0.39, 0.29) is 11.7 Å². The molecule has 1 amide bonds. The second-order valence-corrected chi connectivity index (χ2v) is 7.25. The van der Waals surface area contributed by atoms with Gasteiger partial charge in [-0.25, -0.2) is 0 Å². The van der Waals surface area contributed by atoms with Gasteiger partial charge in [-0.2, -0.15) is 0 Å². The Bertz CT molecular complexity index is 476. The number of hydrogen-bond acceptors (Lipinski definition) is 3. The summed E-state index contributed by atoms with van der Waals surface area (Å²) in [7, 11) is 0. The van der Waals surface area contributed by atoms with Crippen molar-refractivity contribution >= 4 is 17.2 Å². The fourth-order valence-corrected chi connectivity index (χ4v) is 3.63. The van der Waals surface area contributed by atoms with Crippen LogP contribution < -0.4 is 5.32 Å². The largest absolute Gasteiger partial charge is 0.320 e. The molecular formula is C14H20N2OS. The van der Waals surface area contributed by atoms with Crippen LogP contribution in [0.2, 0.25) is 0 Å². The maximum absolute atomic E-state index is 12.5. The highest BCUT2D eigenvalue weighted by Gasteiger charge is 2.59. The van der Waals surface area contributed by atoms with Crippen molar-refractivity contribution in [1.82, 2.24) is 10.2 Å². The van der Waals surface area contributed by atoms with Gasteiger partial charge in [-0.3, -0.25) is 10.1 Å². The van der Waals surface area contributed by atoms with Crippen molar-refractivity contribution in [2.24, 2.45) is 5.92 Å². The van der Waals surface area contributed by atoms with E-state index < -0.39 is 0 Å². The molecule has 2 aliphatic rings. The van der Waals surface area contributed by atoms with E-state index >= 15 is 0 Å². The van der Waals surface area contributed by atoms with Crippen molar-refractivity contribution in [2.75, 3.05) is 6.54 Å². The van der Waals surface area contributed by atoms with Crippen LogP contribution in [0, 0.1) is 12.8 Å². The second-order valence-electron chi connectivity index (χ2n) is 5.93. The number of nitrogens with zero attached hydrogens (tertiary/aromatic N) is 1. The Hall–Kier alpha value is -0.870. The summed E-state index contributed by atoms with van der Waals surface area (Å²) >= 11 is 1.79. The Labute approximate surface area is 112 Å². The van der Waals surface area contributed by atoms with E-state index in [0.29, 0.717) is 11.8 Å². The van der Waals surface area contributed by atoms with Crippen LogP contribution in [0.15, 0.2) is 12.1 Å². The molecule has 1 aromatic rings. The monoisotopic (exact) mass is 264 g/mol. The zero-order valence-electron chi connectivity index (χ0n) is 11.2. The molecule has 0 aromatic carbocycles. The predicted octanol–water partition coefficient (Wildman–Crippen LogP) is 2.68. The molecule has 3 rings (SSSR count). The summed E-state index contributed by atoms with van der Waals surface area (Å²) in [5.74, 6) is 0.820. The molecule has 98 valence electrons. The van der Waals surface area contributed by atoms with Crippen molar-refractivity contribution in [2.45, 2.75) is 45.3 Å². The average molecular weight is 264 g/mol. The van der Waals surface area contributed by atoms with Crippen molar-refractivity contribution in [3.8, 4) is 0 Å². The predicted molar refractivity (Wildman–Crippen MR) is 73.4 cm³/mol. The Morgan fingerprint density at radius 2 is 2.22 bits per heavy atom. The molecule has 1 saturated carbocycles. The van der Waals surface area contributed by atoms with Crippen LogP contribution in [0.1, 0.15) is 42.6 Å². The number of rotatable bonds is 3. The summed E-state index contributed by atoms with van der Waals surface area (Å²) in [6.45, 7) is 7.30. The molecule has 1 aliphatic carbocycles. The molecule has 0 radical (unpaired) electrons. The molecule has 3 nitrogen and oxygen atoms in total. The molecule has 2 heterocycles. The zero-order chi connectivity index (χ0) is 12.9. The summed E-state index contributed by atoms with van der Waals surface area (Å²) < 4.78 is 0. The van der Waals surface area contributed by atoms with Crippen molar-refractivity contribution in [3.05, 3.63) is 21.9 Å². The van der Waals surface area contributed by atoms with Gasteiger partial charge in [-0.1, -0.05) is 13.8 Å². The normalized spacial score (nSPS) is 25.4. The van der Waals surface area contributed by atoms with E-state index in [1.54, 1.807) is 11.3 Å². The molecule has 18 heavy (non-hydrogen) atoms. The first kappa shape index (κ1) is 12.2. The van der Waals surface area contributed by atoms with Gasteiger partial charge >= 0.3 is 0 Å². The molecule has 1 unspecified atom stereocenters. The van der Waals surface area contributed by atoms with E-state index in [0.717, 1.165) is 19.4 Å². The van der Waals surface area contributed by atoms with Gasteiger partial charge in [-0.15, -0.1) is 11.3 Å². The first-order chi connectivity index (χ1) is 8.52. The Balaban J connectivity index is 1.89. The quantitative estimate of drug-likeness (QED) is 0.910. The third kappa shape index (κ3) is 1.88. The van der Waals surface area contributed by atoms with Gasteiger partial charge in [-0.05, 0) is 37.8 Å². The lowest BCUT2D eigenvalue weighted by molar-refractivity contribution is -0.131. The Kier molecular flexibility index (Phi) is 2.75. The Morgan fingerprint density at radius 3 is 2.72 bits per heavy atom. The number of aryl methyl sites for hydroxylation is 1. The van der Waals surface area contributed by atoms with Crippen molar-refractivity contribution < 1.29 is 4.79 Å². The molecule has 2 fully saturated rings. The van der Waals surface area contributed by atoms with Crippen LogP contribution in [-0.2, 0) is 4.79 Å². The summed E-state index contributed by atoms with van der Waals surface area (Å²) in [5.41, 5.74) is -0.211. The van der Waals surface area contributed by atoms with Crippen LogP contribution in [0.4, 0.5) is 0 Å². The van der Waals surface area contributed by atoms with Crippen LogP contribution >= 0.6 is 11.3 Å². The molecule has 1 N–H and O–H groups in total. The molecule has 1 spiro atoms. The lowest BCUT2D eigenvalue weighted by atomic mass is 10.2. The highest BCUT2D eigenvalue weighted by Crippen LogP contribution is 2.46. The van der Waals surface area contributed by atoms with E-state index in [2.05, 4.69) is 38.2 Å². The van der Waals surface area contributed by atoms with Crippen LogP contribution in [0.3, 0.4) is 0 Å². The van der Waals surface area contributed by atoms with Crippen LogP contribution in [-0.4, -0.2) is 22.9 Å². The lowest BCUT2D eigenvalue weighted by Crippen LogP contribution is -2.34. The van der Waals surface area contributed by atoms with Gasteiger partial charge in [0, 0.05) is 16.3 Å². The van der Waals surface area contributed by atoms with Gasteiger partial charge in [0.1, 0.15) is 11.7 Å². The first-order valence-electron chi connectivity index (χ1n) is 6.67. The molecule has 1 atom stereocenters. The molecule has 4 heteroatoms. The first-order valence-corrected chi connectivity index (χ1v) is 7.48. The average Bonchev–Trinajstić information content (AvgIpc) is 2.90. The summed E-state index contributed by atoms with van der Waals surface area (Å²) in [6, 6.07) is 4.29. The van der Waals surface area contributed by atoms with Crippen LogP contribution in [0.5, 0.6) is 0 Å². The number of carbonyl (C=O) groups excluding carboxylic acids is 1. The molecule has 0 bridgehead atoms. The summed E-state index contributed by atoms with van der Waals surface area (Å²) in [4.78, 5) is 17.1. The van der Waals surface area contributed by atoms with E-state index in [4.69, 9.17) is 0 Å². The van der Waals surface area contributed by atoms with Gasteiger partial charge in [0.25, 0.3) is 0 Å². The fourth-order valence-electron chi connectivity index (χ4n) is 2.68. The molecule has 1 aliphatic heterocycles. The van der Waals surface area contributed by atoms with E-state index in [1.807, 2.05) is 4.90 Å². The standard InChI is InChI=1S/C14H20N2OS/c1-9(2)8-16-12(11-5-4-10(3)18-11)15-14(6-7-14)13(16)17/h4-5,9,12,15H,6-8H2,1-3H3. The zero-order valence-corrected chi connectivity index (χ0v) is 12.0. The fraction of sp³-hybridized carbons (Fsp3) is 0.643. The number of thiophene rings is 1. The lowest BCUT2D eigenvalue weighted by Gasteiger charge is -2.25. The number of hydrogen-bond donors (Lipinski definition) is 1. The third-order valence-corrected chi connectivity index (χ3v) is 4.79. The van der Waals surface area contributed by atoms with E-state index in [1.165, 1.54) is 9.75 Å². The highest BCUT2D eigenvalue weighted by atomic mass is 32.1. The van der Waals surface area contributed by atoms with Gasteiger partial charge in [0.15, 0.2) is 0 Å². The SMILES string of the molecule is Cc1ccc(C2NC3(CC3)C(=O)N2CC(C)C)s1. The molecular weight excluding hydrogens is 244 g/mol.